The number of allylic oxidation sites excluding steroid dienone is 1. The SMILES string of the molecule is C=C(C)Cc1cc(F)c(Cc2ccc(C(=C)NC(C)(C)C)cc2Nc2ccc(C)cc2C)cc1F. The second-order valence-corrected chi connectivity index (χ2v) is 10.5. The molecule has 184 valence electrons. The quantitative estimate of drug-likeness (QED) is 0.320. The zero-order chi connectivity index (χ0) is 25.9. The summed E-state index contributed by atoms with van der Waals surface area (Å²) in [5.41, 5.74) is 7.97. The van der Waals surface area contributed by atoms with E-state index in [1.165, 1.54) is 17.7 Å². The standard InChI is InChI=1S/C31H36F2N2/c1-19(2)13-25-16-28(33)26(17-27(25)32)15-24-11-10-23(22(5)35-31(6,7)8)18-30(24)34-29-12-9-20(3)14-21(29)4/h9-12,14,16-18,34-35H,1,5,13,15H2,2-4,6-8H3. The first kappa shape index (κ1) is 26.2. The molecule has 2 nitrogen and oxygen atoms in total. The molecule has 0 aromatic heterocycles. The molecule has 0 aliphatic rings. The minimum absolute atomic E-state index is 0.136. The van der Waals surface area contributed by atoms with E-state index in [1.54, 1.807) is 6.92 Å². The number of anilines is 2. The molecule has 35 heavy (non-hydrogen) atoms. The van der Waals surface area contributed by atoms with Crippen molar-refractivity contribution in [2.75, 3.05) is 5.32 Å². The number of hydrogen-bond acceptors (Lipinski definition) is 2. The molecule has 0 atom stereocenters. The molecule has 0 radical (unpaired) electrons. The third-order valence-electron chi connectivity index (χ3n) is 5.72. The molecule has 0 fully saturated rings. The van der Waals surface area contributed by atoms with Crippen LogP contribution in [0.4, 0.5) is 20.2 Å². The Morgan fingerprint density at radius 1 is 0.829 bits per heavy atom. The van der Waals surface area contributed by atoms with E-state index in [2.05, 4.69) is 57.6 Å². The summed E-state index contributed by atoms with van der Waals surface area (Å²) >= 11 is 0. The maximum absolute atomic E-state index is 15.0. The van der Waals surface area contributed by atoms with Gasteiger partial charge in [-0.3, -0.25) is 0 Å². The molecule has 0 aliphatic carbocycles. The van der Waals surface area contributed by atoms with Gasteiger partial charge in [0.2, 0.25) is 0 Å². The first-order chi connectivity index (χ1) is 16.3. The van der Waals surface area contributed by atoms with Crippen LogP contribution in [-0.4, -0.2) is 5.54 Å². The van der Waals surface area contributed by atoms with Crippen LogP contribution < -0.4 is 10.6 Å². The summed E-state index contributed by atoms with van der Waals surface area (Å²) in [7, 11) is 0. The number of nitrogens with one attached hydrogen (secondary N) is 2. The third-order valence-corrected chi connectivity index (χ3v) is 5.72. The lowest BCUT2D eigenvalue weighted by Gasteiger charge is -2.25. The predicted molar refractivity (Wildman–Crippen MR) is 145 cm³/mol. The fourth-order valence-corrected chi connectivity index (χ4v) is 4.09. The van der Waals surface area contributed by atoms with Crippen molar-refractivity contribution in [2.24, 2.45) is 0 Å². The summed E-state index contributed by atoms with van der Waals surface area (Å²) in [6.45, 7) is 20.2. The van der Waals surface area contributed by atoms with Crippen molar-refractivity contribution in [3.8, 4) is 0 Å². The first-order valence-electron chi connectivity index (χ1n) is 11.9. The lowest BCUT2D eigenvalue weighted by molar-refractivity contribution is 0.502. The van der Waals surface area contributed by atoms with Gasteiger partial charge in [0.15, 0.2) is 0 Å². The molecular weight excluding hydrogens is 438 g/mol. The summed E-state index contributed by atoms with van der Waals surface area (Å²) in [5, 5.41) is 6.94. The molecule has 3 aromatic rings. The van der Waals surface area contributed by atoms with Crippen LogP contribution in [0.2, 0.25) is 0 Å². The van der Waals surface area contributed by atoms with Crippen molar-refractivity contribution in [2.45, 2.75) is 59.9 Å². The lowest BCUT2D eigenvalue weighted by atomic mass is 9.97. The molecular formula is C31H36F2N2. The fraction of sp³-hybridized carbons (Fsp3) is 0.290. The van der Waals surface area contributed by atoms with Crippen LogP contribution in [0.3, 0.4) is 0 Å². The molecule has 0 unspecified atom stereocenters. The third kappa shape index (κ3) is 7.05. The van der Waals surface area contributed by atoms with Gasteiger partial charge in [0.05, 0.1) is 0 Å². The van der Waals surface area contributed by atoms with E-state index in [0.29, 0.717) is 17.5 Å². The van der Waals surface area contributed by atoms with Gasteiger partial charge in [-0.05, 0) is 100 Å². The number of aryl methyl sites for hydroxylation is 2. The molecule has 0 saturated carbocycles. The molecule has 4 heteroatoms. The highest BCUT2D eigenvalue weighted by atomic mass is 19.1. The zero-order valence-electron chi connectivity index (χ0n) is 21.7. The smallest absolute Gasteiger partial charge is 0.127 e. The largest absolute Gasteiger partial charge is 0.380 e. The molecule has 3 aromatic carbocycles. The normalized spacial score (nSPS) is 11.3. The van der Waals surface area contributed by atoms with Gasteiger partial charge in [-0.2, -0.15) is 0 Å². The average molecular weight is 475 g/mol. The van der Waals surface area contributed by atoms with Gasteiger partial charge in [0, 0.05) is 29.0 Å². The van der Waals surface area contributed by atoms with Gasteiger partial charge >= 0.3 is 0 Å². The molecule has 0 saturated heterocycles. The molecule has 0 aliphatic heterocycles. The Labute approximate surface area is 208 Å². The predicted octanol–water partition coefficient (Wildman–Crippen LogP) is 8.39. The van der Waals surface area contributed by atoms with E-state index in [-0.39, 0.29) is 12.0 Å². The monoisotopic (exact) mass is 474 g/mol. The summed E-state index contributed by atoms with van der Waals surface area (Å²) in [4.78, 5) is 0. The Kier molecular flexibility index (Phi) is 7.84. The second-order valence-electron chi connectivity index (χ2n) is 10.5. The number of benzene rings is 3. The van der Waals surface area contributed by atoms with Crippen molar-refractivity contribution in [3.05, 3.63) is 112 Å². The average Bonchev–Trinajstić information content (AvgIpc) is 2.73. The number of rotatable bonds is 8. The highest BCUT2D eigenvalue weighted by Gasteiger charge is 2.16. The van der Waals surface area contributed by atoms with Crippen LogP contribution in [0.5, 0.6) is 0 Å². The Balaban J connectivity index is 2.02. The van der Waals surface area contributed by atoms with Gasteiger partial charge in [-0.25, -0.2) is 8.78 Å². The van der Waals surface area contributed by atoms with E-state index < -0.39 is 11.6 Å². The first-order valence-corrected chi connectivity index (χ1v) is 11.9. The van der Waals surface area contributed by atoms with E-state index in [1.807, 2.05) is 37.3 Å². The Morgan fingerprint density at radius 2 is 1.49 bits per heavy atom. The molecule has 0 amide bonds. The van der Waals surface area contributed by atoms with Crippen LogP contribution in [-0.2, 0) is 12.8 Å². The van der Waals surface area contributed by atoms with Crippen LogP contribution in [0.25, 0.3) is 5.70 Å². The summed E-state index contributed by atoms with van der Waals surface area (Å²) in [6.07, 6.45) is 0.572. The number of halogens is 2. The molecule has 0 heterocycles. The Morgan fingerprint density at radius 3 is 2.11 bits per heavy atom. The second kappa shape index (κ2) is 10.5. The topological polar surface area (TPSA) is 24.1 Å². The van der Waals surface area contributed by atoms with E-state index >= 15 is 0 Å². The summed E-state index contributed by atoms with van der Waals surface area (Å²) in [6, 6.07) is 14.7. The van der Waals surface area contributed by atoms with Gasteiger partial charge in [0.1, 0.15) is 11.6 Å². The van der Waals surface area contributed by atoms with E-state index in [9.17, 15) is 8.78 Å². The molecule has 2 N–H and O–H groups in total. The Hall–Kier alpha value is -3.40. The van der Waals surface area contributed by atoms with Crippen LogP contribution in [0, 0.1) is 25.5 Å². The summed E-state index contributed by atoms with van der Waals surface area (Å²) < 4.78 is 29.7. The van der Waals surface area contributed by atoms with Gasteiger partial charge in [-0.1, -0.05) is 48.6 Å². The highest BCUT2D eigenvalue weighted by Crippen LogP contribution is 2.30. The highest BCUT2D eigenvalue weighted by molar-refractivity contribution is 5.73. The van der Waals surface area contributed by atoms with Crippen LogP contribution >= 0.6 is 0 Å². The van der Waals surface area contributed by atoms with Crippen molar-refractivity contribution >= 4 is 17.1 Å². The van der Waals surface area contributed by atoms with E-state index in [0.717, 1.165) is 39.3 Å². The molecule has 3 rings (SSSR count). The van der Waals surface area contributed by atoms with Crippen molar-refractivity contribution < 1.29 is 8.78 Å². The maximum Gasteiger partial charge on any atom is 0.127 e. The molecule has 0 spiro atoms. The van der Waals surface area contributed by atoms with Gasteiger partial charge in [-0.15, -0.1) is 0 Å². The van der Waals surface area contributed by atoms with Crippen LogP contribution in [0.15, 0.2) is 67.3 Å². The zero-order valence-corrected chi connectivity index (χ0v) is 21.7. The maximum atomic E-state index is 15.0. The van der Waals surface area contributed by atoms with Crippen LogP contribution in [0.1, 0.15) is 61.1 Å². The molecule has 0 bridgehead atoms. The lowest BCUT2D eigenvalue weighted by Crippen LogP contribution is -2.33. The fourth-order valence-electron chi connectivity index (χ4n) is 4.09. The van der Waals surface area contributed by atoms with Crippen molar-refractivity contribution in [3.63, 3.8) is 0 Å². The minimum Gasteiger partial charge on any atom is -0.380 e. The van der Waals surface area contributed by atoms with E-state index in [4.69, 9.17) is 0 Å². The van der Waals surface area contributed by atoms with Gasteiger partial charge < -0.3 is 10.6 Å². The Bertz CT molecular complexity index is 1270. The number of hydrogen-bond donors (Lipinski definition) is 2. The van der Waals surface area contributed by atoms with Crippen molar-refractivity contribution in [1.29, 1.82) is 0 Å². The summed E-state index contributed by atoms with van der Waals surface area (Å²) in [5.74, 6) is -0.823. The van der Waals surface area contributed by atoms with Crippen molar-refractivity contribution in [1.82, 2.24) is 5.32 Å². The van der Waals surface area contributed by atoms with Gasteiger partial charge in [0.25, 0.3) is 0 Å². The minimum atomic E-state index is -0.414.